The number of pyridine rings is 1. The first-order chi connectivity index (χ1) is 13.4. The van der Waals surface area contributed by atoms with Crippen molar-refractivity contribution in [2.75, 3.05) is 24.5 Å². The molecule has 2 aliphatic rings. The number of fused-ring (bicyclic) bond motifs is 1. The number of anilines is 1. The average Bonchev–Trinajstić information content (AvgIpc) is 3.48. The fourth-order valence-electron chi connectivity index (χ4n) is 3.81. The smallest absolute Gasteiger partial charge is 0.449 e. The second-order valence-electron chi connectivity index (χ2n) is 7.22. The number of aromatic nitrogens is 1. The van der Waals surface area contributed by atoms with E-state index in [2.05, 4.69) is 16.1 Å². The van der Waals surface area contributed by atoms with E-state index in [0.717, 1.165) is 18.9 Å². The minimum Gasteiger partial charge on any atom is -0.449 e. The molecule has 28 heavy (non-hydrogen) atoms. The summed E-state index contributed by atoms with van der Waals surface area (Å²) in [6.07, 6.45) is 1.35. The highest BCUT2D eigenvalue weighted by Crippen LogP contribution is 2.40. The summed E-state index contributed by atoms with van der Waals surface area (Å²) in [5, 5.41) is 22.0. The van der Waals surface area contributed by atoms with Gasteiger partial charge in [0.25, 0.3) is 0 Å². The molecule has 1 atom stereocenters. The summed E-state index contributed by atoms with van der Waals surface area (Å²) in [7, 11) is 0. The van der Waals surface area contributed by atoms with Crippen LogP contribution in [-0.4, -0.2) is 41.5 Å². The van der Waals surface area contributed by atoms with Gasteiger partial charge in [-0.15, -0.1) is 0 Å². The van der Waals surface area contributed by atoms with Crippen LogP contribution in [0.4, 0.5) is 14.9 Å². The Morgan fingerprint density at radius 1 is 1.46 bits per heavy atom. The normalized spacial score (nSPS) is 19.5. The largest absolute Gasteiger partial charge is 0.511 e. The van der Waals surface area contributed by atoms with Crippen LogP contribution in [0.5, 0.6) is 5.75 Å². The van der Waals surface area contributed by atoms with Crippen LogP contribution in [0, 0.1) is 17.1 Å². The molecule has 2 N–H and O–H groups in total. The summed E-state index contributed by atoms with van der Waals surface area (Å²) in [6.45, 7) is 3.71. The first kappa shape index (κ1) is 18.3. The second kappa shape index (κ2) is 6.80. The van der Waals surface area contributed by atoms with Gasteiger partial charge in [-0.1, -0.05) is 0 Å². The van der Waals surface area contributed by atoms with Gasteiger partial charge in [-0.3, -0.25) is 4.79 Å². The molecule has 2 aromatic rings. The molecule has 1 aliphatic carbocycles. The third kappa shape index (κ3) is 3.05. The van der Waals surface area contributed by atoms with Crippen LogP contribution < -0.4 is 20.4 Å². The number of nitrogens with one attached hydrogen (secondary N) is 1. The summed E-state index contributed by atoms with van der Waals surface area (Å²) in [6, 6.07) is 3.33. The lowest BCUT2D eigenvalue weighted by Crippen LogP contribution is -2.49. The predicted molar refractivity (Wildman–Crippen MR) is 99.5 cm³/mol. The summed E-state index contributed by atoms with van der Waals surface area (Å²) in [5.41, 5.74) is -0.140. The molecule has 0 amide bonds. The van der Waals surface area contributed by atoms with Crippen LogP contribution in [0.1, 0.15) is 31.4 Å². The Morgan fingerprint density at radius 3 is 2.82 bits per heavy atom. The molecule has 0 radical (unpaired) electrons. The van der Waals surface area contributed by atoms with Crippen LogP contribution in [0.15, 0.2) is 17.1 Å². The molecular weight excluding hydrogens is 367 g/mol. The van der Waals surface area contributed by atoms with Crippen molar-refractivity contribution in [1.29, 1.82) is 5.26 Å². The topological polar surface area (TPSA) is 108 Å². The highest BCUT2D eigenvalue weighted by molar-refractivity contribution is 5.92. The van der Waals surface area contributed by atoms with Crippen molar-refractivity contribution in [3.05, 3.63) is 33.9 Å². The number of rotatable bonds is 3. The van der Waals surface area contributed by atoms with Crippen molar-refractivity contribution in [1.82, 2.24) is 9.88 Å². The SMILES string of the molecule is CC1CN(c2c(F)cc3c(=O)c(OC(=O)O)cn(C4CC4)c3c2C#N)CCN1. The van der Waals surface area contributed by atoms with Crippen molar-refractivity contribution in [2.24, 2.45) is 0 Å². The molecule has 146 valence electrons. The van der Waals surface area contributed by atoms with Gasteiger partial charge in [-0.25, -0.2) is 9.18 Å². The zero-order chi connectivity index (χ0) is 20.0. The van der Waals surface area contributed by atoms with E-state index in [1.165, 1.54) is 6.20 Å². The molecular formula is C19H19FN4O4. The molecule has 1 saturated carbocycles. The third-order valence-electron chi connectivity index (χ3n) is 5.14. The molecule has 2 heterocycles. The van der Waals surface area contributed by atoms with Gasteiger partial charge in [-0.05, 0) is 25.8 Å². The highest BCUT2D eigenvalue weighted by Gasteiger charge is 2.31. The number of carboxylic acid groups (broad SMARTS) is 1. The number of hydrogen-bond donors (Lipinski definition) is 2. The van der Waals surface area contributed by atoms with Crippen LogP contribution >= 0.6 is 0 Å². The maximum Gasteiger partial charge on any atom is 0.511 e. The van der Waals surface area contributed by atoms with Crippen molar-refractivity contribution in [3.63, 3.8) is 0 Å². The van der Waals surface area contributed by atoms with E-state index < -0.39 is 23.2 Å². The molecule has 0 spiro atoms. The number of carbonyl (C=O) groups is 1. The van der Waals surface area contributed by atoms with Crippen molar-refractivity contribution < 1.29 is 19.0 Å². The molecule has 1 aromatic heterocycles. The Morgan fingerprint density at radius 2 is 2.21 bits per heavy atom. The maximum atomic E-state index is 15.1. The summed E-state index contributed by atoms with van der Waals surface area (Å²) < 4.78 is 21.4. The monoisotopic (exact) mass is 386 g/mol. The van der Waals surface area contributed by atoms with E-state index in [-0.39, 0.29) is 28.7 Å². The number of piperazine rings is 1. The number of halogens is 1. The predicted octanol–water partition coefficient (Wildman–Crippen LogP) is 2.20. The molecule has 9 heteroatoms. The zero-order valence-corrected chi connectivity index (χ0v) is 15.2. The maximum absolute atomic E-state index is 15.1. The van der Waals surface area contributed by atoms with Crippen molar-refractivity contribution in [3.8, 4) is 11.8 Å². The van der Waals surface area contributed by atoms with Gasteiger partial charge in [0.2, 0.25) is 5.43 Å². The summed E-state index contributed by atoms with van der Waals surface area (Å²) in [4.78, 5) is 25.5. The Labute approximate surface area is 159 Å². The van der Waals surface area contributed by atoms with Crippen molar-refractivity contribution in [2.45, 2.75) is 31.8 Å². The fourth-order valence-corrected chi connectivity index (χ4v) is 3.81. The van der Waals surface area contributed by atoms with Crippen molar-refractivity contribution >= 4 is 22.7 Å². The molecule has 1 saturated heterocycles. The summed E-state index contributed by atoms with van der Waals surface area (Å²) in [5.74, 6) is -1.07. The van der Waals surface area contributed by atoms with Crippen LogP contribution in [0.3, 0.4) is 0 Å². The Kier molecular flexibility index (Phi) is 4.43. The molecule has 8 nitrogen and oxygen atoms in total. The van der Waals surface area contributed by atoms with Gasteiger partial charge in [0.1, 0.15) is 17.4 Å². The molecule has 1 aromatic carbocycles. The zero-order valence-electron chi connectivity index (χ0n) is 15.2. The minimum absolute atomic E-state index is 0.0200. The van der Waals surface area contributed by atoms with Gasteiger partial charge in [0.15, 0.2) is 5.75 Å². The number of benzene rings is 1. The first-order valence-corrected chi connectivity index (χ1v) is 9.11. The van der Waals surface area contributed by atoms with Crippen LogP contribution in [0.2, 0.25) is 0 Å². The number of nitriles is 1. The van der Waals surface area contributed by atoms with E-state index >= 15 is 4.39 Å². The van der Waals surface area contributed by atoms with E-state index in [1.54, 1.807) is 4.57 Å². The number of hydrogen-bond acceptors (Lipinski definition) is 6. The van der Waals surface area contributed by atoms with Gasteiger partial charge in [0, 0.05) is 31.7 Å². The van der Waals surface area contributed by atoms with Crippen LogP contribution in [-0.2, 0) is 0 Å². The quantitative estimate of drug-likeness (QED) is 0.779. The summed E-state index contributed by atoms with van der Waals surface area (Å²) >= 11 is 0. The lowest BCUT2D eigenvalue weighted by molar-refractivity contribution is 0.143. The molecule has 4 rings (SSSR count). The van der Waals surface area contributed by atoms with Crippen LogP contribution in [0.25, 0.3) is 10.9 Å². The Balaban J connectivity index is 2.01. The highest BCUT2D eigenvalue weighted by atomic mass is 19.1. The van der Waals surface area contributed by atoms with E-state index in [0.29, 0.717) is 25.2 Å². The molecule has 1 aliphatic heterocycles. The lowest BCUT2D eigenvalue weighted by Gasteiger charge is -2.34. The van der Waals surface area contributed by atoms with E-state index in [9.17, 15) is 14.9 Å². The number of nitrogens with zero attached hydrogens (tertiary/aromatic N) is 3. The van der Waals surface area contributed by atoms with Gasteiger partial charge in [0.05, 0.1) is 22.8 Å². The molecule has 0 bridgehead atoms. The molecule has 2 fully saturated rings. The molecule has 1 unspecified atom stereocenters. The van der Waals surface area contributed by atoms with E-state index in [1.807, 2.05) is 11.8 Å². The minimum atomic E-state index is -1.62. The van der Waals surface area contributed by atoms with Gasteiger partial charge in [-0.2, -0.15) is 5.26 Å². The first-order valence-electron chi connectivity index (χ1n) is 9.11. The lowest BCUT2D eigenvalue weighted by atomic mass is 10.0. The Hall–Kier alpha value is -3.12. The number of ether oxygens (including phenoxy) is 1. The average molecular weight is 386 g/mol. The van der Waals surface area contributed by atoms with Gasteiger partial charge >= 0.3 is 6.16 Å². The standard InChI is InChI=1S/C19H19FN4O4/c1-10-8-23(5-4-22-10)17-13(7-21)16-12(6-14(17)20)18(25)15(28-19(26)27)9-24(16)11-2-3-11/h6,9-11,22H,2-5,8H2,1H3,(H,26,27). The third-order valence-corrected chi connectivity index (χ3v) is 5.14. The Bertz CT molecular complexity index is 1070. The fraction of sp³-hybridized carbons (Fsp3) is 0.421. The van der Waals surface area contributed by atoms with E-state index in [4.69, 9.17) is 5.11 Å². The van der Waals surface area contributed by atoms with Gasteiger partial charge < -0.3 is 24.6 Å². The second-order valence-corrected chi connectivity index (χ2v) is 7.22.